The number of carbonyl (C=O) groups excluding carboxylic acids is 1. The van der Waals surface area contributed by atoms with Gasteiger partial charge in [0, 0.05) is 16.7 Å². The van der Waals surface area contributed by atoms with Gasteiger partial charge in [0.25, 0.3) is 11.1 Å². The second kappa shape index (κ2) is 6.46. The Bertz CT molecular complexity index is 873. The van der Waals surface area contributed by atoms with Crippen molar-refractivity contribution in [2.24, 2.45) is 0 Å². The molecule has 0 unspecified atom stereocenters. The Kier molecular flexibility index (Phi) is 4.37. The second-order valence-corrected chi connectivity index (χ2v) is 5.66. The van der Waals surface area contributed by atoms with Crippen molar-refractivity contribution in [3.8, 4) is 11.3 Å². The third-order valence-corrected chi connectivity index (χ3v) is 3.72. The molecule has 0 atom stereocenters. The number of amides is 1. The predicted molar refractivity (Wildman–Crippen MR) is 90.2 cm³/mol. The normalized spacial score (nSPS) is 15.9. The van der Waals surface area contributed by atoms with E-state index in [1.165, 1.54) is 6.08 Å². The quantitative estimate of drug-likeness (QED) is 0.664. The minimum absolute atomic E-state index is 0.0896. The van der Waals surface area contributed by atoms with Crippen LogP contribution in [0.15, 0.2) is 46.6 Å². The zero-order chi connectivity index (χ0) is 17.3. The summed E-state index contributed by atoms with van der Waals surface area (Å²) in [5.41, 5.74) is 0.786. The topological polar surface area (TPSA) is 80.0 Å². The van der Waals surface area contributed by atoms with E-state index in [0.717, 1.165) is 10.5 Å². The third kappa shape index (κ3) is 3.32. The minimum atomic E-state index is -1.18. The maximum absolute atomic E-state index is 12.1. The number of halogens is 1. The van der Waals surface area contributed by atoms with E-state index in [0.29, 0.717) is 16.5 Å². The molecule has 0 spiro atoms. The van der Waals surface area contributed by atoms with Gasteiger partial charge in [0.2, 0.25) is 0 Å². The molecule has 6 nitrogen and oxygen atoms in total. The number of thiocarbonyl (C=S) groups is 1. The molecular weight excluding hydrogens is 354 g/mol. The number of carboxylic acids is 1. The van der Waals surface area contributed by atoms with E-state index in [1.807, 2.05) is 6.07 Å². The number of furan rings is 1. The lowest BCUT2D eigenvalue weighted by Crippen LogP contribution is -2.33. The molecule has 1 aromatic heterocycles. The Labute approximate surface area is 146 Å². The van der Waals surface area contributed by atoms with Crippen molar-refractivity contribution < 1.29 is 23.8 Å². The van der Waals surface area contributed by atoms with Gasteiger partial charge in [0.05, 0.1) is 0 Å². The molecule has 0 saturated carbocycles. The first-order valence-electron chi connectivity index (χ1n) is 6.77. The van der Waals surface area contributed by atoms with Crippen LogP contribution in [0.2, 0.25) is 5.02 Å². The number of ether oxygens (including phenoxy) is 1. The van der Waals surface area contributed by atoms with Crippen molar-refractivity contribution >= 4 is 46.9 Å². The molecule has 1 amide bonds. The van der Waals surface area contributed by atoms with Crippen LogP contribution in [0.25, 0.3) is 17.4 Å². The summed E-state index contributed by atoms with van der Waals surface area (Å²) in [6, 6.07) is 10.5. The van der Waals surface area contributed by atoms with Crippen LogP contribution in [0, 0.1) is 0 Å². The summed E-state index contributed by atoms with van der Waals surface area (Å²) in [5, 5.41) is 9.16. The highest BCUT2D eigenvalue weighted by Crippen LogP contribution is 2.27. The maximum Gasteiger partial charge on any atom is 0.323 e. The molecule has 0 radical (unpaired) electrons. The molecule has 2 heterocycles. The van der Waals surface area contributed by atoms with Crippen LogP contribution in [0.4, 0.5) is 0 Å². The molecule has 1 aromatic carbocycles. The van der Waals surface area contributed by atoms with Crippen LogP contribution in [0.1, 0.15) is 5.76 Å². The van der Waals surface area contributed by atoms with Crippen LogP contribution in [-0.4, -0.2) is 33.6 Å². The lowest BCUT2D eigenvalue weighted by Gasteiger charge is -2.07. The maximum atomic E-state index is 12.1. The van der Waals surface area contributed by atoms with Gasteiger partial charge in [-0.05, 0) is 36.5 Å². The highest BCUT2D eigenvalue weighted by molar-refractivity contribution is 7.80. The largest absolute Gasteiger partial charge is 0.480 e. The summed E-state index contributed by atoms with van der Waals surface area (Å²) in [4.78, 5) is 23.7. The van der Waals surface area contributed by atoms with Crippen molar-refractivity contribution in [1.82, 2.24) is 4.90 Å². The van der Waals surface area contributed by atoms with Crippen LogP contribution >= 0.6 is 23.8 Å². The average molecular weight is 364 g/mol. The zero-order valence-electron chi connectivity index (χ0n) is 12.1. The van der Waals surface area contributed by atoms with Gasteiger partial charge in [-0.2, -0.15) is 0 Å². The highest BCUT2D eigenvalue weighted by Gasteiger charge is 2.35. The number of hydrogen-bond donors (Lipinski definition) is 1. The van der Waals surface area contributed by atoms with Crippen molar-refractivity contribution in [1.29, 1.82) is 0 Å². The Morgan fingerprint density at radius 1 is 1.33 bits per heavy atom. The number of benzene rings is 1. The monoisotopic (exact) mass is 363 g/mol. The summed E-state index contributed by atoms with van der Waals surface area (Å²) < 4.78 is 10.8. The van der Waals surface area contributed by atoms with Gasteiger partial charge in [0.1, 0.15) is 18.1 Å². The van der Waals surface area contributed by atoms with E-state index in [1.54, 1.807) is 30.3 Å². The molecular formula is C16H10ClNO5S. The van der Waals surface area contributed by atoms with Crippen molar-refractivity contribution in [3.63, 3.8) is 0 Å². The summed E-state index contributed by atoms with van der Waals surface area (Å²) in [6.45, 7) is -0.555. The summed E-state index contributed by atoms with van der Waals surface area (Å²) in [5.74, 6) is -0.957. The predicted octanol–water partition coefficient (Wildman–Crippen LogP) is 3.17. The summed E-state index contributed by atoms with van der Waals surface area (Å²) in [6.07, 6.45) is 1.37. The lowest BCUT2D eigenvalue weighted by atomic mass is 10.2. The lowest BCUT2D eigenvalue weighted by molar-refractivity contribution is -0.140. The van der Waals surface area contributed by atoms with Crippen molar-refractivity contribution in [2.45, 2.75) is 0 Å². The molecule has 3 rings (SSSR count). The Hall–Kier alpha value is -2.64. The number of aliphatic carboxylic acids is 1. The Morgan fingerprint density at radius 3 is 2.83 bits per heavy atom. The molecule has 1 aliphatic rings. The standard InChI is InChI=1S/C16H10ClNO5S/c17-10-3-1-2-9(6-10)12-5-4-11(22-12)7-13-15(21)18(8-14(19)20)16(24)23-13/h1-7H,8H2,(H,19,20)/b13-7-. The smallest absolute Gasteiger partial charge is 0.323 e. The van der Waals surface area contributed by atoms with Gasteiger partial charge in [0.15, 0.2) is 5.76 Å². The molecule has 1 aliphatic heterocycles. The first-order valence-corrected chi connectivity index (χ1v) is 7.55. The molecule has 0 bridgehead atoms. The second-order valence-electron chi connectivity index (χ2n) is 4.87. The van der Waals surface area contributed by atoms with E-state index in [4.69, 9.17) is 38.1 Å². The first-order chi connectivity index (χ1) is 11.4. The highest BCUT2D eigenvalue weighted by atomic mass is 35.5. The summed E-state index contributed by atoms with van der Waals surface area (Å²) >= 11 is 10.8. The third-order valence-electron chi connectivity index (χ3n) is 3.18. The van der Waals surface area contributed by atoms with E-state index in [2.05, 4.69) is 0 Å². The fraction of sp³-hybridized carbons (Fsp3) is 0.0625. The fourth-order valence-electron chi connectivity index (χ4n) is 2.13. The summed E-state index contributed by atoms with van der Waals surface area (Å²) in [7, 11) is 0. The van der Waals surface area contributed by atoms with Gasteiger partial charge in [-0.3, -0.25) is 14.5 Å². The Morgan fingerprint density at radius 2 is 2.12 bits per heavy atom. The molecule has 122 valence electrons. The van der Waals surface area contributed by atoms with Crippen LogP contribution in [0.5, 0.6) is 0 Å². The van der Waals surface area contributed by atoms with E-state index >= 15 is 0 Å². The SMILES string of the molecule is O=C(O)CN1C(=O)/C(=C/c2ccc(-c3cccc(Cl)c3)o2)OC1=S. The minimum Gasteiger partial charge on any atom is -0.480 e. The van der Waals surface area contributed by atoms with Crippen molar-refractivity contribution in [2.75, 3.05) is 6.54 Å². The molecule has 24 heavy (non-hydrogen) atoms. The Balaban J connectivity index is 1.84. The number of carboxylic acid groups (broad SMARTS) is 1. The van der Waals surface area contributed by atoms with Gasteiger partial charge in [-0.15, -0.1) is 0 Å². The number of rotatable bonds is 4. The molecule has 1 fully saturated rings. The molecule has 0 aliphatic carbocycles. The van der Waals surface area contributed by atoms with Crippen LogP contribution in [-0.2, 0) is 14.3 Å². The van der Waals surface area contributed by atoms with E-state index < -0.39 is 18.4 Å². The van der Waals surface area contributed by atoms with Crippen LogP contribution in [0.3, 0.4) is 0 Å². The van der Waals surface area contributed by atoms with E-state index in [-0.39, 0.29) is 10.9 Å². The number of carbonyl (C=O) groups is 2. The number of nitrogens with zero attached hydrogens (tertiary/aromatic N) is 1. The van der Waals surface area contributed by atoms with E-state index in [9.17, 15) is 9.59 Å². The molecule has 8 heteroatoms. The fourth-order valence-corrected chi connectivity index (χ4v) is 2.56. The van der Waals surface area contributed by atoms with Gasteiger partial charge in [-0.1, -0.05) is 23.7 Å². The molecule has 2 aromatic rings. The van der Waals surface area contributed by atoms with Gasteiger partial charge < -0.3 is 14.3 Å². The zero-order valence-corrected chi connectivity index (χ0v) is 13.6. The van der Waals surface area contributed by atoms with Crippen molar-refractivity contribution in [3.05, 3.63) is 52.9 Å². The average Bonchev–Trinajstić information content (AvgIpc) is 3.08. The molecule has 1 saturated heterocycles. The molecule has 1 N–H and O–H groups in total. The van der Waals surface area contributed by atoms with Gasteiger partial charge in [-0.25, -0.2) is 0 Å². The first kappa shape index (κ1) is 16.2. The van der Waals surface area contributed by atoms with Gasteiger partial charge >= 0.3 is 5.97 Å². The number of hydrogen-bond acceptors (Lipinski definition) is 5. The van der Waals surface area contributed by atoms with Crippen LogP contribution < -0.4 is 0 Å².